The first kappa shape index (κ1) is 32.5. The molecule has 0 atom stereocenters. The van der Waals surface area contributed by atoms with E-state index in [1.807, 2.05) is 84.9 Å². The van der Waals surface area contributed by atoms with E-state index in [1.54, 1.807) is 6.07 Å². The SMILES string of the molecule is [2H]c1c([2H])c([2H])c(-c2cccc3c2oc2c(-c4ccc5oc6c(-c7nc(-c8ccc9c%10ccccc%10n(-c%10ccccc%10)c9c8)nc(-c8cccc9ccccc89)n7)cccc6c5c4)cccc23)c([2H])c1[2H]. The van der Waals surface area contributed by atoms with Crippen LogP contribution in [0, 0.1) is 0 Å². The summed E-state index contributed by atoms with van der Waals surface area (Å²) in [5, 5.41) is 7.77. The lowest BCUT2D eigenvalue weighted by molar-refractivity contribution is 0.669. The molecule has 0 N–H and O–H groups in total. The van der Waals surface area contributed by atoms with Gasteiger partial charge in [-0.3, -0.25) is 0 Å². The summed E-state index contributed by atoms with van der Waals surface area (Å²) in [5.41, 5.74) is 10.3. The second-order valence-electron chi connectivity index (χ2n) is 16.7. The van der Waals surface area contributed by atoms with E-state index in [2.05, 4.69) is 102 Å². The number of aromatic nitrogens is 4. The third-order valence-corrected chi connectivity index (χ3v) is 13.0. The third kappa shape index (κ3) is 5.86. The number of para-hydroxylation sites is 5. The highest BCUT2D eigenvalue weighted by Gasteiger charge is 2.22. The lowest BCUT2D eigenvalue weighted by Gasteiger charge is -2.11. The van der Waals surface area contributed by atoms with Crippen LogP contribution in [-0.4, -0.2) is 19.5 Å². The van der Waals surface area contributed by atoms with E-state index in [1.165, 1.54) is 0 Å². The monoisotopic (exact) mass is 861 g/mol. The smallest absolute Gasteiger partial charge is 0.167 e. The summed E-state index contributed by atoms with van der Waals surface area (Å²) >= 11 is 0. The van der Waals surface area contributed by atoms with Crippen molar-refractivity contribution in [2.24, 2.45) is 0 Å². The van der Waals surface area contributed by atoms with Gasteiger partial charge in [-0.05, 0) is 64.4 Å². The predicted octanol–water partition coefficient (Wildman–Crippen LogP) is 16.3. The van der Waals surface area contributed by atoms with E-state index in [9.17, 15) is 0 Å². The molecule has 6 nitrogen and oxygen atoms in total. The fraction of sp³-hybridized carbons (Fsp3) is 0. The Morgan fingerprint density at radius 3 is 1.73 bits per heavy atom. The van der Waals surface area contributed by atoms with E-state index >= 15 is 0 Å². The molecule has 14 aromatic rings. The lowest BCUT2D eigenvalue weighted by atomic mass is 9.99. The van der Waals surface area contributed by atoms with Crippen LogP contribution in [-0.2, 0) is 0 Å². The first-order chi connectivity index (χ1) is 35.3. The molecule has 0 saturated carbocycles. The molecule has 0 bridgehead atoms. The summed E-state index contributed by atoms with van der Waals surface area (Å²) in [6.07, 6.45) is 0. The van der Waals surface area contributed by atoms with Crippen molar-refractivity contribution in [1.29, 1.82) is 0 Å². The highest BCUT2D eigenvalue weighted by molar-refractivity contribution is 6.15. The first-order valence-corrected chi connectivity index (χ1v) is 22.1. The Morgan fingerprint density at radius 2 is 0.925 bits per heavy atom. The summed E-state index contributed by atoms with van der Waals surface area (Å²) < 4.78 is 58.1. The Kier molecular flexibility index (Phi) is 7.14. The van der Waals surface area contributed by atoms with E-state index < -0.39 is 18.1 Å². The number of fused-ring (bicyclic) bond motifs is 10. The zero-order valence-corrected chi connectivity index (χ0v) is 35.5. The maximum Gasteiger partial charge on any atom is 0.167 e. The molecule has 0 spiro atoms. The molecule has 0 radical (unpaired) electrons. The molecule has 0 amide bonds. The highest BCUT2D eigenvalue weighted by atomic mass is 16.3. The summed E-state index contributed by atoms with van der Waals surface area (Å²) in [6, 6.07) is 61.5. The number of hydrogen-bond acceptors (Lipinski definition) is 5. The van der Waals surface area contributed by atoms with Crippen LogP contribution in [0.3, 0.4) is 0 Å². The van der Waals surface area contributed by atoms with Crippen molar-refractivity contribution >= 4 is 76.5 Å². The van der Waals surface area contributed by atoms with Crippen molar-refractivity contribution in [3.63, 3.8) is 0 Å². The van der Waals surface area contributed by atoms with Crippen molar-refractivity contribution in [3.05, 3.63) is 218 Å². The van der Waals surface area contributed by atoms with E-state index in [4.69, 9.17) is 30.6 Å². The zero-order valence-electron chi connectivity index (χ0n) is 40.5. The van der Waals surface area contributed by atoms with Gasteiger partial charge in [0.25, 0.3) is 0 Å². The molecule has 312 valence electrons. The molecule has 10 aromatic carbocycles. The molecule has 0 fully saturated rings. The fourth-order valence-corrected chi connectivity index (χ4v) is 9.90. The van der Waals surface area contributed by atoms with Gasteiger partial charge in [-0.1, -0.05) is 176 Å². The molecule has 4 heterocycles. The third-order valence-electron chi connectivity index (χ3n) is 13.0. The Balaban J connectivity index is 0.942. The number of rotatable bonds is 6. The van der Waals surface area contributed by atoms with Crippen LogP contribution < -0.4 is 0 Å². The standard InChI is InChI=1S/C61H36N4O2/c1-3-15-38(16-4-1)43-23-12-25-47-48-26-13-24-44(57(48)67-56(43)47)39-32-34-55-52(35-39)49-27-14-29-51(58(49)66-55)61-63-59(62-60(64-61)50-28-11-18-37-17-7-8-21-42(37)50)40-31-33-46-45-22-9-10-30-53(45)65(54(46)36-40)41-19-5-2-6-20-41/h1-36H/i1D,3D,4D,15D,16D. The average molecular weight is 862 g/mol. The molecule has 0 saturated heterocycles. The van der Waals surface area contributed by atoms with Crippen LogP contribution in [0.2, 0.25) is 0 Å². The van der Waals surface area contributed by atoms with Gasteiger partial charge in [-0.2, -0.15) is 0 Å². The molecule has 4 aromatic heterocycles. The number of benzene rings is 10. The Morgan fingerprint density at radius 1 is 0.358 bits per heavy atom. The van der Waals surface area contributed by atoms with Gasteiger partial charge in [0.05, 0.1) is 23.5 Å². The summed E-state index contributed by atoms with van der Waals surface area (Å²) in [4.78, 5) is 15.8. The zero-order chi connectivity index (χ0) is 48.4. The first-order valence-electron chi connectivity index (χ1n) is 24.6. The quantitative estimate of drug-likeness (QED) is 0.167. The summed E-state index contributed by atoms with van der Waals surface area (Å²) in [5.74, 6) is 1.54. The van der Waals surface area contributed by atoms with Gasteiger partial charge < -0.3 is 13.4 Å². The maximum atomic E-state index is 8.73. The lowest BCUT2D eigenvalue weighted by Crippen LogP contribution is -2.01. The molecule has 0 aliphatic heterocycles. The Bertz CT molecular complexity index is 4560. The molecular formula is C61H36N4O2. The van der Waals surface area contributed by atoms with Crippen LogP contribution in [0.1, 0.15) is 6.85 Å². The second kappa shape index (κ2) is 14.7. The van der Waals surface area contributed by atoms with Crippen molar-refractivity contribution in [2.75, 3.05) is 0 Å². The van der Waals surface area contributed by atoms with Gasteiger partial charge in [0.2, 0.25) is 0 Å². The minimum atomic E-state index is -0.441. The van der Waals surface area contributed by atoms with Crippen LogP contribution in [0.25, 0.3) is 139 Å². The van der Waals surface area contributed by atoms with Crippen molar-refractivity contribution < 1.29 is 15.7 Å². The molecule has 0 aliphatic carbocycles. The van der Waals surface area contributed by atoms with Crippen molar-refractivity contribution in [1.82, 2.24) is 19.5 Å². The molecule has 67 heavy (non-hydrogen) atoms. The van der Waals surface area contributed by atoms with Crippen LogP contribution in [0.4, 0.5) is 0 Å². The van der Waals surface area contributed by atoms with Crippen molar-refractivity contribution in [2.45, 2.75) is 0 Å². The predicted molar refractivity (Wildman–Crippen MR) is 273 cm³/mol. The number of hydrogen-bond donors (Lipinski definition) is 0. The fourth-order valence-electron chi connectivity index (χ4n) is 9.90. The maximum absolute atomic E-state index is 8.73. The minimum Gasteiger partial charge on any atom is -0.455 e. The van der Waals surface area contributed by atoms with Gasteiger partial charge in [-0.25, -0.2) is 15.0 Å². The van der Waals surface area contributed by atoms with E-state index in [-0.39, 0.29) is 17.6 Å². The molecule has 0 unspecified atom stereocenters. The largest absolute Gasteiger partial charge is 0.455 e. The topological polar surface area (TPSA) is 69.9 Å². The van der Waals surface area contributed by atoms with E-state index in [0.29, 0.717) is 45.4 Å². The molecule has 6 heteroatoms. The molecular weight excluding hydrogens is 821 g/mol. The second-order valence-corrected chi connectivity index (χ2v) is 16.7. The Labute approximate surface area is 390 Å². The van der Waals surface area contributed by atoms with Gasteiger partial charge in [0.15, 0.2) is 17.5 Å². The average Bonchev–Trinajstić information content (AvgIpc) is 4.12. The molecule has 14 rings (SSSR count). The van der Waals surface area contributed by atoms with Gasteiger partial charge in [-0.15, -0.1) is 0 Å². The number of furan rings is 2. The summed E-state index contributed by atoms with van der Waals surface area (Å²) in [6.45, 7) is 0. The van der Waals surface area contributed by atoms with Crippen LogP contribution in [0.15, 0.2) is 227 Å². The number of nitrogens with zero attached hydrogens (tertiary/aromatic N) is 4. The van der Waals surface area contributed by atoms with Gasteiger partial charge in [0, 0.05) is 60.3 Å². The van der Waals surface area contributed by atoms with E-state index in [0.717, 1.165) is 87.6 Å². The normalized spacial score (nSPS) is 12.9. The minimum absolute atomic E-state index is 0.0943. The Hall–Kier alpha value is -9.13. The highest BCUT2D eigenvalue weighted by Crippen LogP contribution is 2.43. The summed E-state index contributed by atoms with van der Waals surface area (Å²) in [7, 11) is 0. The van der Waals surface area contributed by atoms with Crippen molar-refractivity contribution in [3.8, 4) is 62.1 Å². The molecule has 0 aliphatic rings. The van der Waals surface area contributed by atoms with Gasteiger partial charge >= 0.3 is 0 Å². The van der Waals surface area contributed by atoms with Crippen LogP contribution >= 0.6 is 0 Å². The van der Waals surface area contributed by atoms with Crippen LogP contribution in [0.5, 0.6) is 0 Å². The van der Waals surface area contributed by atoms with Gasteiger partial charge in [0.1, 0.15) is 22.3 Å².